The first-order chi connectivity index (χ1) is 10.5. The van der Waals surface area contributed by atoms with E-state index in [-0.39, 0.29) is 18.0 Å². The number of hydrogen-bond donors (Lipinski definition) is 0. The van der Waals surface area contributed by atoms with E-state index in [0.717, 1.165) is 39.8 Å². The molecule has 0 bridgehead atoms. The Balaban J connectivity index is 1.84. The summed E-state index contributed by atoms with van der Waals surface area (Å²) in [5.41, 5.74) is 7.54. The maximum absolute atomic E-state index is 11.9. The molecule has 2 aromatic rings. The molecule has 2 aliphatic rings. The lowest BCUT2D eigenvalue weighted by molar-refractivity contribution is 0.0923. The highest BCUT2D eigenvalue weighted by molar-refractivity contribution is 6.24. The number of fused-ring (bicyclic) bond motifs is 2. The minimum atomic E-state index is -0.0826. The second kappa shape index (κ2) is 4.38. The lowest BCUT2D eigenvalue weighted by Gasteiger charge is -2.07. The van der Waals surface area contributed by atoms with Crippen LogP contribution < -0.4 is 0 Å². The number of ketones is 2. The highest BCUT2D eigenvalue weighted by atomic mass is 16.2. The van der Waals surface area contributed by atoms with Gasteiger partial charge in [0.2, 0.25) is 0 Å². The first kappa shape index (κ1) is 13.0. The molecular weight excluding hydrogens is 272 g/mol. The van der Waals surface area contributed by atoms with E-state index in [1.54, 1.807) is 6.07 Å². The van der Waals surface area contributed by atoms with Gasteiger partial charge in [-0.25, -0.2) is 0 Å². The molecule has 0 saturated carbocycles. The fourth-order valence-electron chi connectivity index (χ4n) is 3.31. The molecule has 4 rings (SSSR count). The molecule has 2 aliphatic carbocycles. The molecule has 0 N–H and O–H groups in total. The normalized spacial score (nSPS) is 16.2. The number of benzene rings is 2. The van der Waals surface area contributed by atoms with E-state index < -0.39 is 0 Å². The number of rotatable bonds is 1. The molecule has 2 nitrogen and oxygen atoms in total. The van der Waals surface area contributed by atoms with Crippen molar-refractivity contribution in [3.63, 3.8) is 0 Å². The SMILES string of the molecule is C=C1CC(=C)c2cc(-c3ccc4c(c3)C(=O)CC4=O)ccc21. The highest BCUT2D eigenvalue weighted by Gasteiger charge is 2.27. The van der Waals surface area contributed by atoms with Gasteiger partial charge >= 0.3 is 0 Å². The van der Waals surface area contributed by atoms with Crippen molar-refractivity contribution in [1.29, 1.82) is 0 Å². The highest BCUT2D eigenvalue weighted by Crippen LogP contribution is 2.40. The van der Waals surface area contributed by atoms with Crippen LogP contribution in [0.5, 0.6) is 0 Å². The summed E-state index contributed by atoms with van der Waals surface area (Å²) in [5.74, 6) is -0.161. The Hall–Kier alpha value is -2.74. The van der Waals surface area contributed by atoms with Gasteiger partial charge in [-0.2, -0.15) is 0 Å². The second-order valence-corrected chi connectivity index (χ2v) is 5.93. The summed E-state index contributed by atoms with van der Waals surface area (Å²) in [6.07, 6.45) is 0.815. The van der Waals surface area contributed by atoms with Crippen LogP contribution >= 0.6 is 0 Å². The van der Waals surface area contributed by atoms with Crippen molar-refractivity contribution in [2.75, 3.05) is 0 Å². The standard InChI is InChI=1S/C20H14O2/c1-11-7-12(2)17-8-13(3-5-15(11)17)14-4-6-16-18(9-14)20(22)10-19(16)21/h3-6,8-9H,1-2,7,10H2. The Kier molecular flexibility index (Phi) is 2.58. The maximum atomic E-state index is 11.9. The molecule has 0 aliphatic heterocycles. The van der Waals surface area contributed by atoms with Crippen LogP contribution in [0.25, 0.3) is 22.3 Å². The molecule has 2 heteroatoms. The summed E-state index contributed by atoms with van der Waals surface area (Å²) in [7, 11) is 0. The average Bonchev–Trinajstić information content (AvgIpc) is 2.96. The van der Waals surface area contributed by atoms with Crippen molar-refractivity contribution < 1.29 is 9.59 Å². The number of allylic oxidation sites excluding steroid dienone is 2. The van der Waals surface area contributed by atoms with E-state index in [2.05, 4.69) is 25.3 Å². The number of Topliss-reactive ketones (excluding diaryl/α,β-unsaturated/α-hetero) is 2. The van der Waals surface area contributed by atoms with Gasteiger partial charge in [0.15, 0.2) is 11.6 Å². The van der Waals surface area contributed by atoms with Gasteiger partial charge in [0, 0.05) is 11.1 Å². The van der Waals surface area contributed by atoms with Gasteiger partial charge in [-0.3, -0.25) is 9.59 Å². The van der Waals surface area contributed by atoms with Crippen molar-refractivity contribution >= 4 is 22.7 Å². The van der Waals surface area contributed by atoms with Crippen LogP contribution in [0.2, 0.25) is 0 Å². The zero-order chi connectivity index (χ0) is 15.4. The summed E-state index contributed by atoms with van der Waals surface area (Å²) in [6, 6.07) is 11.7. The van der Waals surface area contributed by atoms with Gasteiger partial charge in [-0.15, -0.1) is 0 Å². The van der Waals surface area contributed by atoms with E-state index in [1.165, 1.54) is 0 Å². The lowest BCUT2D eigenvalue weighted by atomic mass is 9.96. The van der Waals surface area contributed by atoms with E-state index in [1.807, 2.05) is 18.2 Å². The van der Waals surface area contributed by atoms with Gasteiger partial charge in [0.1, 0.15) is 0 Å². The number of carbonyl (C=O) groups excluding carboxylic acids is 2. The first-order valence-electron chi connectivity index (χ1n) is 7.26. The van der Waals surface area contributed by atoms with Crippen molar-refractivity contribution in [3.05, 3.63) is 71.8 Å². The number of hydrogen-bond acceptors (Lipinski definition) is 2. The van der Waals surface area contributed by atoms with Crippen LogP contribution in [-0.2, 0) is 0 Å². The van der Waals surface area contributed by atoms with Crippen LogP contribution in [0.1, 0.15) is 44.7 Å². The van der Waals surface area contributed by atoms with E-state index in [4.69, 9.17) is 0 Å². The molecule has 0 amide bonds. The summed E-state index contributed by atoms with van der Waals surface area (Å²) in [4.78, 5) is 23.6. The molecule has 0 heterocycles. The Morgan fingerprint density at radius 2 is 1.18 bits per heavy atom. The molecule has 0 spiro atoms. The van der Waals surface area contributed by atoms with Crippen LogP contribution in [0, 0.1) is 0 Å². The molecule has 2 aromatic carbocycles. The van der Waals surface area contributed by atoms with Crippen LogP contribution in [0.4, 0.5) is 0 Å². The minimum absolute atomic E-state index is 0.000392. The van der Waals surface area contributed by atoms with Crippen molar-refractivity contribution in [1.82, 2.24) is 0 Å². The van der Waals surface area contributed by atoms with Crippen LogP contribution in [0.3, 0.4) is 0 Å². The third-order valence-electron chi connectivity index (χ3n) is 4.48. The predicted octanol–water partition coefficient (Wildman–Crippen LogP) is 4.55. The maximum Gasteiger partial charge on any atom is 0.171 e. The summed E-state index contributed by atoms with van der Waals surface area (Å²) in [6.45, 7) is 8.17. The monoisotopic (exact) mass is 286 g/mol. The molecule has 0 atom stereocenters. The fraction of sp³-hybridized carbons (Fsp3) is 0.100. The third kappa shape index (κ3) is 1.74. The minimum Gasteiger partial charge on any atom is -0.294 e. The summed E-state index contributed by atoms with van der Waals surface area (Å²) in [5, 5.41) is 0. The van der Waals surface area contributed by atoms with E-state index >= 15 is 0 Å². The third-order valence-corrected chi connectivity index (χ3v) is 4.48. The van der Waals surface area contributed by atoms with Gasteiger partial charge in [-0.1, -0.05) is 37.4 Å². The predicted molar refractivity (Wildman–Crippen MR) is 87.8 cm³/mol. The Morgan fingerprint density at radius 3 is 1.91 bits per heavy atom. The number of carbonyl (C=O) groups is 2. The van der Waals surface area contributed by atoms with Crippen molar-refractivity contribution in [2.45, 2.75) is 12.8 Å². The molecule has 106 valence electrons. The topological polar surface area (TPSA) is 34.1 Å². The zero-order valence-electron chi connectivity index (χ0n) is 12.1. The lowest BCUT2D eigenvalue weighted by Crippen LogP contribution is -1.92. The van der Waals surface area contributed by atoms with Gasteiger partial charge in [0.05, 0.1) is 6.42 Å². The Labute approximate surface area is 128 Å². The molecule has 0 saturated heterocycles. The van der Waals surface area contributed by atoms with Gasteiger partial charge in [-0.05, 0) is 52.0 Å². The van der Waals surface area contributed by atoms with Gasteiger partial charge < -0.3 is 0 Å². The zero-order valence-corrected chi connectivity index (χ0v) is 12.1. The quantitative estimate of drug-likeness (QED) is 0.720. The average molecular weight is 286 g/mol. The fourth-order valence-corrected chi connectivity index (χ4v) is 3.31. The van der Waals surface area contributed by atoms with Crippen molar-refractivity contribution in [3.8, 4) is 11.1 Å². The molecular formula is C20H14O2. The summed E-state index contributed by atoms with van der Waals surface area (Å²) < 4.78 is 0. The molecule has 0 fully saturated rings. The molecule has 0 unspecified atom stereocenters. The van der Waals surface area contributed by atoms with E-state index in [9.17, 15) is 9.59 Å². The Morgan fingerprint density at radius 1 is 0.636 bits per heavy atom. The second-order valence-electron chi connectivity index (χ2n) is 5.93. The largest absolute Gasteiger partial charge is 0.294 e. The van der Waals surface area contributed by atoms with Crippen molar-refractivity contribution in [2.24, 2.45) is 0 Å². The summed E-state index contributed by atoms with van der Waals surface area (Å²) >= 11 is 0. The molecule has 0 radical (unpaired) electrons. The molecule has 0 aromatic heterocycles. The van der Waals surface area contributed by atoms with E-state index in [0.29, 0.717) is 11.1 Å². The van der Waals surface area contributed by atoms with Crippen LogP contribution in [-0.4, -0.2) is 11.6 Å². The smallest absolute Gasteiger partial charge is 0.171 e. The van der Waals surface area contributed by atoms with Crippen LogP contribution in [0.15, 0.2) is 49.6 Å². The first-order valence-corrected chi connectivity index (χ1v) is 7.26. The molecule has 22 heavy (non-hydrogen) atoms. The van der Waals surface area contributed by atoms with Gasteiger partial charge in [0.25, 0.3) is 0 Å². The Bertz CT molecular complexity index is 824.